The third kappa shape index (κ3) is 4.62. The molecule has 1 aliphatic carbocycles. The molecule has 2 atom stereocenters. The van der Waals surface area contributed by atoms with Crippen molar-refractivity contribution in [3.8, 4) is 0 Å². The van der Waals surface area contributed by atoms with Crippen molar-refractivity contribution >= 4 is 11.7 Å². The highest BCUT2D eigenvalue weighted by molar-refractivity contribution is 5.94. The fourth-order valence-corrected chi connectivity index (χ4v) is 3.39. The zero-order chi connectivity index (χ0) is 17.9. The highest BCUT2D eigenvalue weighted by Crippen LogP contribution is 2.37. The maximum atomic E-state index is 12.9. The number of anilines is 1. The van der Waals surface area contributed by atoms with Crippen LogP contribution >= 0.6 is 0 Å². The first-order chi connectivity index (χ1) is 11.9. The number of alkyl halides is 3. The van der Waals surface area contributed by atoms with Crippen LogP contribution in [0.3, 0.4) is 0 Å². The molecule has 2 fully saturated rings. The quantitative estimate of drug-likeness (QED) is 0.904. The summed E-state index contributed by atoms with van der Waals surface area (Å²) in [5.74, 6) is -0.920. The summed E-state index contributed by atoms with van der Waals surface area (Å²) in [5, 5.41) is 2.72. The molecule has 1 saturated heterocycles. The molecule has 3 rings (SSSR count). The largest absolute Gasteiger partial charge is 0.391 e. The van der Waals surface area contributed by atoms with Crippen LogP contribution in [0.4, 0.5) is 19.0 Å². The molecule has 2 aliphatic rings. The first-order valence-corrected chi connectivity index (χ1v) is 8.60. The maximum Gasteiger partial charge on any atom is 0.391 e. The molecule has 0 spiro atoms. The maximum absolute atomic E-state index is 12.9. The van der Waals surface area contributed by atoms with Crippen LogP contribution in [-0.4, -0.2) is 49.4 Å². The van der Waals surface area contributed by atoms with Gasteiger partial charge in [0.1, 0.15) is 5.82 Å². The van der Waals surface area contributed by atoms with Crippen LogP contribution in [0.5, 0.6) is 0 Å². The van der Waals surface area contributed by atoms with Gasteiger partial charge in [-0.3, -0.25) is 4.79 Å². The van der Waals surface area contributed by atoms with Crippen LogP contribution < -0.4 is 10.2 Å². The van der Waals surface area contributed by atoms with E-state index in [-0.39, 0.29) is 18.7 Å². The van der Waals surface area contributed by atoms with E-state index >= 15 is 0 Å². The summed E-state index contributed by atoms with van der Waals surface area (Å²) < 4.78 is 43.9. The van der Waals surface area contributed by atoms with Crippen molar-refractivity contribution in [1.82, 2.24) is 10.3 Å². The zero-order valence-corrected chi connectivity index (χ0v) is 13.9. The number of morpholine rings is 1. The van der Waals surface area contributed by atoms with Crippen molar-refractivity contribution in [2.45, 2.75) is 37.9 Å². The number of carbonyl (C=O) groups is 1. The van der Waals surface area contributed by atoms with E-state index < -0.39 is 18.1 Å². The molecule has 25 heavy (non-hydrogen) atoms. The van der Waals surface area contributed by atoms with Crippen LogP contribution in [0.15, 0.2) is 18.3 Å². The normalized spacial score (nSPS) is 24.8. The Labute approximate surface area is 144 Å². The number of aromatic nitrogens is 1. The third-order valence-corrected chi connectivity index (χ3v) is 4.82. The van der Waals surface area contributed by atoms with Crippen LogP contribution in [0, 0.1) is 5.92 Å². The Balaban J connectivity index is 1.57. The lowest BCUT2D eigenvalue weighted by Crippen LogP contribution is -2.41. The van der Waals surface area contributed by atoms with E-state index in [1.807, 2.05) is 0 Å². The van der Waals surface area contributed by atoms with Crippen molar-refractivity contribution in [2.75, 3.05) is 31.2 Å². The van der Waals surface area contributed by atoms with E-state index in [4.69, 9.17) is 4.74 Å². The van der Waals surface area contributed by atoms with Crippen LogP contribution in [0.25, 0.3) is 0 Å². The molecule has 138 valence electrons. The Kier molecular flexibility index (Phi) is 5.46. The van der Waals surface area contributed by atoms with Gasteiger partial charge in [0, 0.05) is 25.3 Å². The molecular formula is C17H22F3N3O2. The van der Waals surface area contributed by atoms with Gasteiger partial charge in [-0.1, -0.05) is 6.42 Å². The van der Waals surface area contributed by atoms with Crippen molar-refractivity contribution in [1.29, 1.82) is 0 Å². The summed E-state index contributed by atoms with van der Waals surface area (Å²) in [4.78, 5) is 18.7. The van der Waals surface area contributed by atoms with E-state index in [0.29, 0.717) is 31.6 Å². The summed E-state index contributed by atoms with van der Waals surface area (Å²) in [6.45, 7) is 2.79. The fraction of sp³-hybridized carbons (Fsp3) is 0.647. The van der Waals surface area contributed by atoms with Gasteiger partial charge in [0.05, 0.1) is 24.7 Å². The van der Waals surface area contributed by atoms with E-state index in [2.05, 4.69) is 15.2 Å². The van der Waals surface area contributed by atoms with Crippen molar-refractivity contribution in [2.24, 2.45) is 5.92 Å². The Morgan fingerprint density at radius 1 is 1.24 bits per heavy atom. The van der Waals surface area contributed by atoms with Crippen molar-refractivity contribution in [3.05, 3.63) is 23.9 Å². The molecule has 1 aromatic rings. The first kappa shape index (κ1) is 18.0. The number of nitrogens with zero attached hydrogens (tertiary/aromatic N) is 2. The summed E-state index contributed by atoms with van der Waals surface area (Å²) in [7, 11) is 0. The van der Waals surface area contributed by atoms with Gasteiger partial charge < -0.3 is 15.0 Å². The molecule has 0 bridgehead atoms. The van der Waals surface area contributed by atoms with Gasteiger partial charge in [0.2, 0.25) is 0 Å². The van der Waals surface area contributed by atoms with E-state index in [0.717, 1.165) is 18.9 Å². The number of rotatable bonds is 3. The highest BCUT2D eigenvalue weighted by Gasteiger charge is 2.42. The smallest absolute Gasteiger partial charge is 0.378 e. The predicted molar refractivity (Wildman–Crippen MR) is 86.5 cm³/mol. The SMILES string of the molecule is O=C(NC1CCCC(C(F)(F)F)C1)c1ccc(N2CCOCC2)nc1. The van der Waals surface area contributed by atoms with E-state index in [1.54, 1.807) is 12.1 Å². The van der Waals surface area contributed by atoms with Crippen LogP contribution in [0.2, 0.25) is 0 Å². The lowest BCUT2D eigenvalue weighted by molar-refractivity contribution is -0.183. The summed E-state index contributed by atoms with van der Waals surface area (Å²) in [5.41, 5.74) is 0.367. The third-order valence-electron chi connectivity index (χ3n) is 4.82. The second-order valence-electron chi connectivity index (χ2n) is 6.58. The minimum absolute atomic E-state index is 0.0471. The molecule has 1 amide bonds. The molecule has 1 aliphatic heterocycles. The number of hydrogen-bond donors (Lipinski definition) is 1. The molecule has 1 saturated carbocycles. The Morgan fingerprint density at radius 3 is 2.64 bits per heavy atom. The number of nitrogens with one attached hydrogen (secondary N) is 1. The molecule has 0 radical (unpaired) electrons. The van der Waals surface area contributed by atoms with Crippen molar-refractivity contribution < 1.29 is 22.7 Å². The number of amides is 1. The number of pyridine rings is 1. The van der Waals surface area contributed by atoms with Gasteiger partial charge in [0.15, 0.2) is 0 Å². The second kappa shape index (κ2) is 7.59. The summed E-state index contributed by atoms with van der Waals surface area (Å²) in [6, 6.07) is 2.99. The van der Waals surface area contributed by atoms with Gasteiger partial charge in [0.25, 0.3) is 5.91 Å². The molecule has 1 aromatic heterocycles. The topological polar surface area (TPSA) is 54.5 Å². The molecular weight excluding hydrogens is 335 g/mol. The number of hydrogen-bond acceptors (Lipinski definition) is 4. The lowest BCUT2D eigenvalue weighted by Gasteiger charge is -2.31. The zero-order valence-electron chi connectivity index (χ0n) is 13.9. The van der Waals surface area contributed by atoms with Crippen LogP contribution in [-0.2, 0) is 4.74 Å². The minimum atomic E-state index is -4.19. The molecule has 5 nitrogen and oxygen atoms in total. The number of ether oxygens (including phenoxy) is 1. The molecule has 2 heterocycles. The average molecular weight is 357 g/mol. The number of carbonyl (C=O) groups excluding carboxylic acids is 1. The Hall–Kier alpha value is -1.83. The molecule has 1 N–H and O–H groups in total. The first-order valence-electron chi connectivity index (χ1n) is 8.60. The Morgan fingerprint density at radius 2 is 2.00 bits per heavy atom. The molecule has 2 unspecified atom stereocenters. The molecule has 8 heteroatoms. The predicted octanol–water partition coefficient (Wildman–Crippen LogP) is 2.77. The summed E-state index contributed by atoms with van der Waals surface area (Å²) in [6.07, 6.45) is -1.56. The van der Waals surface area contributed by atoms with E-state index in [1.165, 1.54) is 6.20 Å². The average Bonchev–Trinajstić information content (AvgIpc) is 2.62. The van der Waals surface area contributed by atoms with Gasteiger partial charge in [-0.2, -0.15) is 13.2 Å². The molecule has 0 aromatic carbocycles. The van der Waals surface area contributed by atoms with Crippen LogP contribution in [0.1, 0.15) is 36.0 Å². The Bertz CT molecular complexity index is 586. The van der Waals surface area contributed by atoms with Gasteiger partial charge in [-0.15, -0.1) is 0 Å². The van der Waals surface area contributed by atoms with Crippen molar-refractivity contribution in [3.63, 3.8) is 0 Å². The van der Waals surface area contributed by atoms with Gasteiger partial charge in [-0.05, 0) is 31.4 Å². The number of halogens is 3. The second-order valence-corrected chi connectivity index (χ2v) is 6.58. The standard InChI is InChI=1S/C17H22F3N3O2/c18-17(19,20)13-2-1-3-14(10-13)22-16(24)12-4-5-15(21-11-12)23-6-8-25-9-7-23/h4-5,11,13-14H,1-3,6-10H2,(H,22,24). The van der Waals surface area contributed by atoms with Gasteiger partial charge >= 0.3 is 6.18 Å². The van der Waals surface area contributed by atoms with Gasteiger partial charge in [-0.25, -0.2) is 4.98 Å². The monoisotopic (exact) mass is 357 g/mol. The highest BCUT2D eigenvalue weighted by atomic mass is 19.4. The lowest BCUT2D eigenvalue weighted by atomic mass is 9.85. The minimum Gasteiger partial charge on any atom is -0.378 e. The van der Waals surface area contributed by atoms with E-state index in [9.17, 15) is 18.0 Å². The summed E-state index contributed by atoms with van der Waals surface area (Å²) >= 11 is 0. The fourth-order valence-electron chi connectivity index (χ4n) is 3.39.